The summed E-state index contributed by atoms with van der Waals surface area (Å²) < 4.78 is 138. The smallest absolute Gasteiger partial charge is 0.226 e. The Kier molecular flexibility index (Phi) is 80.2. The number of hydrogen-bond acceptors (Lipinski definition) is 33. The minimum absolute atomic E-state index is 0.0329. The third kappa shape index (κ3) is 73.3. The number of rotatable bonds is 96. The molecule has 0 saturated carbocycles. The monoisotopic (exact) mass is 1870 g/mol. The zero-order chi connectivity index (χ0) is 90.0. The number of anilines is 3. The van der Waals surface area contributed by atoms with Gasteiger partial charge < -0.3 is 145 Å². The lowest BCUT2D eigenvalue weighted by Gasteiger charge is -2.36. The van der Waals surface area contributed by atoms with E-state index in [1.54, 1.807) is 24.3 Å². The number of carbonyl (C=O) groups is 3. The lowest BCUT2D eigenvalue weighted by atomic mass is 10.2. The van der Waals surface area contributed by atoms with E-state index in [2.05, 4.69) is 41.3 Å². The topological polar surface area (TPSA) is 361 Å². The molecule has 3 aromatic rings. The van der Waals surface area contributed by atoms with Gasteiger partial charge in [-0.3, -0.25) is 19.3 Å². The summed E-state index contributed by atoms with van der Waals surface area (Å²) in [6.07, 6.45) is 5.68. The molecule has 0 radical (unpaired) electrons. The highest BCUT2D eigenvalue weighted by atomic mass is 35.5. The molecule has 1 saturated heterocycles. The zero-order valence-corrected chi connectivity index (χ0v) is 77.3. The van der Waals surface area contributed by atoms with Crippen LogP contribution in [0.5, 0.6) is 0 Å². The first-order valence-electron chi connectivity index (χ1n) is 44.9. The molecule has 36 nitrogen and oxygen atoms in total. The van der Waals surface area contributed by atoms with Gasteiger partial charge in [0.05, 0.1) is 357 Å². The number of benzene rings is 3. The van der Waals surface area contributed by atoms with E-state index in [0.717, 1.165) is 101 Å². The van der Waals surface area contributed by atoms with E-state index in [1.165, 1.54) is 0 Å². The van der Waals surface area contributed by atoms with Crippen molar-refractivity contribution in [3.8, 4) is 0 Å². The van der Waals surface area contributed by atoms with Crippen LogP contribution in [0.25, 0.3) is 0 Å². The number of ether oxygens (including phenoxy) is 25. The molecule has 4 rings (SSSR count). The van der Waals surface area contributed by atoms with E-state index in [4.69, 9.17) is 153 Å². The van der Waals surface area contributed by atoms with Crippen molar-refractivity contribution < 1.29 is 133 Å². The number of amides is 3. The molecule has 0 bridgehead atoms. The molecule has 1 fully saturated rings. The number of alkyl halides is 1. The summed E-state index contributed by atoms with van der Waals surface area (Å²) in [4.78, 5) is 41.7. The second-order valence-corrected chi connectivity index (χ2v) is 29.0. The maximum Gasteiger partial charge on any atom is 0.226 e. The van der Waals surface area contributed by atoms with Crippen molar-refractivity contribution in [2.45, 2.75) is 51.4 Å². The minimum atomic E-state index is -0.273. The van der Waals surface area contributed by atoms with Gasteiger partial charge in [-0.05, 0) is 86.5 Å². The number of nitrogens with zero attached hydrogens (tertiary/aromatic N) is 4. The van der Waals surface area contributed by atoms with Crippen LogP contribution in [-0.2, 0) is 133 Å². The van der Waals surface area contributed by atoms with Crippen LogP contribution in [-0.4, -0.2) is 411 Å². The molecule has 0 aromatic heterocycles. The van der Waals surface area contributed by atoms with Crippen LogP contribution in [0.1, 0.15) is 51.4 Å². The summed E-state index contributed by atoms with van der Waals surface area (Å²) in [5.41, 5.74) is 4.00. The van der Waals surface area contributed by atoms with Crippen molar-refractivity contribution in [3.05, 3.63) is 76.8 Å². The highest BCUT2D eigenvalue weighted by Crippen LogP contribution is 2.33. The molecule has 1 heterocycles. The van der Waals surface area contributed by atoms with Crippen LogP contribution < -0.4 is 26.2 Å². The van der Waals surface area contributed by atoms with Crippen LogP contribution in [0.4, 0.5) is 28.4 Å². The zero-order valence-electron chi connectivity index (χ0n) is 75.1. The van der Waals surface area contributed by atoms with Gasteiger partial charge in [-0.25, -0.2) is 0 Å². The number of unbranched alkanes of at least 4 members (excludes halogenated alkanes) is 3. The molecule has 39 heteroatoms. The first-order valence-corrected chi connectivity index (χ1v) is 46.2. The van der Waals surface area contributed by atoms with Gasteiger partial charge >= 0.3 is 0 Å². The van der Waals surface area contributed by atoms with E-state index < -0.39 is 0 Å². The van der Waals surface area contributed by atoms with Crippen LogP contribution in [0, 0.1) is 0 Å². The summed E-state index contributed by atoms with van der Waals surface area (Å²) in [5, 5.41) is 21.7. The van der Waals surface area contributed by atoms with Crippen molar-refractivity contribution in [1.82, 2.24) is 15.5 Å². The second kappa shape index (κ2) is 89.0. The maximum atomic E-state index is 12.5. The standard InChI is InChI=1S/C88H149Cl3N8O28/c89-20-3-1-2-4-29-103-33-35-106-37-39-108-41-43-110-45-47-112-49-51-114-53-55-116-57-59-118-61-63-120-65-67-122-69-71-124-73-75-126-77-78-127-76-74-125-72-70-123-68-66-121-64-62-119-60-58-117-56-54-115-52-50-113-48-46-111-44-42-109-40-38-107-36-34-105-32-23-94-86(101)18-17-85(100)93-22-31-104-30-19-87(102)95-80-11-15-82(16-12-80)97-96-81-13-9-79(10-14-81)92-21-6-24-98-25-27-99(28-26-98)84-8-5-7-83(90)88(84)91/h5,7-16,92H,1-4,6,17-78H2,(H,93,100)(H,94,101)(H,95,102). The van der Waals surface area contributed by atoms with Crippen LogP contribution in [0.2, 0.25) is 10.0 Å². The molecule has 127 heavy (non-hydrogen) atoms. The fraction of sp³-hybridized carbons (Fsp3) is 0.761. The molecule has 1 aliphatic heterocycles. The van der Waals surface area contributed by atoms with Gasteiger partial charge in [-0.15, -0.1) is 11.6 Å². The maximum absolute atomic E-state index is 12.5. The largest absolute Gasteiger partial charge is 0.385 e. The summed E-state index contributed by atoms with van der Waals surface area (Å²) >= 11 is 18.3. The molecular weight excluding hydrogens is 1720 g/mol. The van der Waals surface area contributed by atoms with Gasteiger partial charge in [0.1, 0.15) is 0 Å². The first kappa shape index (κ1) is 114. The second-order valence-electron chi connectivity index (χ2n) is 27.9. The summed E-state index contributed by atoms with van der Waals surface area (Å²) in [5.74, 6) is -0.00686. The van der Waals surface area contributed by atoms with E-state index in [0.29, 0.717) is 338 Å². The predicted molar refractivity (Wildman–Crippen MR) is 483 cm³/mol. The molecule has 3 amide bonds. The molecule has 3 aromatic carbocycles. The fourth-order valence-electron chi connectivity index (χ4n) is 11.1. The van der Waals surface area contributed by atoms with Crippen molar-refractivity contribution in [1.29, 1.82) is 0 Å². The number of piperazine rings is 1. The molecule has 0 atom stereocenters. The van der Waals surface area contributed by atoms with Crippen molar-refractivity contribution in [2.75, 3.05) is 404 Å². The van der Waals surface area contributed by atoms with Crippen LogP contribution in [0.3, 0.4) is 0 Å². The quantitative estimate of drug-likeness (QED) is 0.0233. The Morgan fingerprint density at radius 3 is 0.882 bits per heavy atom. The summed E-state index contributed by atoms with van der Waals surface area (Å²) in [6, 6.07) is 20.7. The van der Waals surface area contributed by atoms with E-state index in [-0.39, 0.29) is 56.7 Å². The van der Waals surface area contributed by atoms with E-state index in [1.807, 2.05) is 42.5 Å². The highest BCUT2D eigenvalue weighted by Gasteiger charge is 2.20. The van der Waals surface area contributed by atoms with Gasteiger partial charge in [0.25, 0.3) is 0 Å². The number of nitrogens with one attached hydrogen (secondary N) is 4. The van der Waals surface area contributed by atoms with Crippen LogP contribution in [0.15, 0.2) is 77.0 Å². The Hall–Kier alpha value is -4.90. The number of carbonyl (C=O) groups excluding carboxylic acids is 3. The molecule has 0 unspecified atom stereocenters. The van der Waals surface area contributed by atoms with Gasteiger partial charge in [0.15, 0.2) is 0 Å². The molecule has 0 spiro atoms. The van der Waals surface area contributed by atoms with Crippen molar-refractivity contribution >= 4 is 81.0 Å². The van der Waals surface area contributed by atoms with Gasteiger partial charge in [-0.2, -0.15) is 10.2 Å². The average Bonchev–Trinajstić information content (AvgIpc) is 0.832. The molecular formula is C88H149Cl3N8O28. The lowest BCUT2D eigenvalue weighted by molar-refractivity contribution is -0.126. The summed E-state index contributed by atoms with van der Waals surface area (Å²) in [6.45, 7) is 29.5. The van der Waals surface area contributed by atoms with Crippen molar-refractivity contribution in [3.63, 3.8) is 0 Å². The van der Waals surface area contributed by atoms with E-state index in [9.17, 15) is 14.4 Å². The predicted octanol–water partition coefficient (Wildman–Crippen LogP) is 8.59. The molecule has 0 aliphatic carbocycles. The number of halogens is 3. The Morgan fingerprint density at radius 2 is 0.567 bits per heavy atom. The number of azo groups is 1. The SMILES string of the molecule is O=C(CCC(=O)NCCOCCC(=O)Nc1ccc(N=Nc2ccc(NCCCN3CCN(c4cccc(Cl)c4Cl)CC3)cc2)cc1)NCCOCCOCCOCCOCCOCCOCCOCCOCCOCCOCCOCCOCCOCCOCCOCCOCCOCCOCCOCCOCCOCCOCCOCCOCCCCCCCl. The number of hydrogen-bond donors (Lipinski definition) is 4. The average molecular weight is 1870 g/mol. The normalized spacial score (nSPS) is 12.5. The Morgan fingerprint density at radius 1 is 0.283 bits per heavy atom. The van der Waals surface area contributed by atoms with Gasteiger partial charge in [0.2, 0.25) is 17.7 Å². The summed E-state index contributed by atoms with van der Waals surface area (Å²) in [7, 11) is 0. The van der Waals surface area contributed by atoms with Gasteiger partial charge in [-0.1, -0.05) is 42.1 Å². The molecule has 4 N–H and O–H groups in total. The highest BCUT2D eigenvalue weighted by molar-refractivity contribution is 6.43. The lowest BCUT2D eigenvalue weighted by Crippen LogP contribution is -2.47. The third-order valence-electron chi connectivity index (χ3n) is 17.8. The minimum Gasteiger partial charge on any atom is -0.385 e. The first-order chi connectivity index (χ1) is 62.8. The Labute approximate surface area is 767 Å². The van der Waals surface area contributed by atoms with Crippen LogP contribution >= 0.6 is 34.8 Å². The third-order valence-corrected chi connectivity index (χ3v) is 18.9. The Bertz CT molecular complexity index is 2980. The fourth-order valence-corrected chi connectivity index (χ4v) is 11.7. The molecule has 730 valence electrons. The van der Waals surface area contributed by atoms with Gasteiger partial charge in [0, 0.05) is 82.5 Å². The van der Waals surface area contributed by atoms with E-state index >= 15 is 0 Å². The Balaban J connectivity index is 0.721. The molecule has 1 aliphatic rings. The van der Waals surface area contributed by atoms with Crippen molar-refractivity contribution in [2.24, 2.45) is 10.2 Å².